The van der Waals surface area contributed by atoms with Crippen LogP contribution in [0.5, 0.6) is 0 Å². The van der Waals surface area contributed by atoms with E-state index in [9.17, 15) is 4.79 Å². The van der Waals surface area contributed by atoms with Crippen LogP contribution in [0.15, 0.2) is 0 Å². The Bertz CT molecular complexity index is 159. The molecule has 64 valence electrons. The maximum absolute atomic E-state index is 11.2. The molecule has 0 N–H and O–H groups in total. The molecule has 0 radical (unpaired) electrons. The smallest absolute Gasteiger partial charge is 0.314 e. The standard InChI is InChI=1S/C8H14O3/c1-4-10-7(9)8(2,3)6-5-11-6/h6H,4-5H2,1-3H3/t6-/m0/s1. The van der Waals surface area contributed by atoms with Gasteiger partial charge in [-0.15, -0.1) is 0 Å². The largest absolute Gasteiger partial charge is 0.466 e. The maximum Gasteiger partial charge on any atom is 0.314 e. The SMILES string of the molecule is CCOC(=O)C(C)(C)[C@@H]1CO1. The molecular weight excluding hydrogens is 144 g/mol. The van der Waals surface area contributed by atoms with E-state index in [-0.39, 0.29) is 12.1 Å². The number of esters is 1. The van der Waals surface area contributed by atoms with Crippen molar-refractivity contribution >= 4 is 5.97 Å². The van der Waals surface area contributed by atoms with Crippen molar-refractivity contribution in [2.24, 2.45) is 5.41 Å². The molecular formula is C8H14O3. The predicted molar refractivity (Wildman–Crippen MR) is 40.2 cm³/mol. The van der Waals surface area contributed by atoms with Crippen LogP contribution < -0.4 is 0 Å². The van der Waals surface area contributed by atoms with Crippen molar-refractivity contribution in [3.8, 4) is 0 Å². The molecule has 0 amide bonds. The van der Waals surface area contributed by atoms with Crippen LogP contribution in [0.3, 0.4) is 0 Å². The Labute approximate surface area is 66.7 Å². The molecule has 0 aliphatic carbocycles. The van der Waals surface area contributed by atoms with Gasteiger partial charge in [0.15, 0.2) is 0 Å². The summed E-state index contributed by atoms with van der Waals surface area (Å²) in [7, 11) is 0. The lowest BCUT2D eigenvalue weighted by Crippen LogP contribution is -2.32. The summed E-state index contributed by atoms with van der Waals surface area (Å²) in [6, 6.07) is 0. The van der Waals surface area contributed by atoms with Crippen molar-refractivity contribution in [2.75, 3.05) is 13.2 Å². The van der Waals surface area contributed by atoms with Gasteiger partial charge in [0.25, 0.3) is 0 Å². The average molecular weight is 158 g/mol. The second-order valence-electron chi connectivity index (χ2n) is 3.26. The lowest BCUT2D eigenvalue weighted by molar-refractivity contribution is -0.154. The molecule has 1 aliphatic rings. The molecule has 3 heteroatoms. The number of rotatable bonds is 3. The van der Waals surface area contributed by atoms with Crippen LogP contribution in [-0.4, -0.2) is 25.3 Å². The molecule has 1 fully saturated rings. The molecule has 0 aromatic carbocycles. The van der Waals surface area contributed by atoms with E-state index >= 15 is 0 Å². The fourth-order valence-corrected chi connectivity index (χ4v) is 0.913. The Morgan fingerprint density at radius 2 is 2.27 bits per heavy atom. The Balaban J connectivity index is 2.48. The number of ether oxygens (including phenoxy) is 2. The summed E-state index contributed by atoms with van der Waals surface area (Å²) in [6.45, 7) is 6.63. The van der Waals surface area contributed by atoms with Crippen LogP contribution in [0, 0.1) is 5.41 Å². The average Bonchev–Trinajstić information content (AvgIpc) is 2.68. The zero-order valence-electron chi connectivity index (χ0n) is 7.22. The first-order chi connectivity index (χ1) is 5.09. The van der Waals surface area contributed by atoms with Gasteiger partial charge in [0.1, 0.15) is 0 Å². The van der Waals surface area contributed by atoms with Crippen LogP contribution >= 0.6 is 0 Å². The van der Waals surface area contributed by atoms with Gasteiger partial charge in [0.05, 0.1) is 24.7 Å². The predicted octanol–water partition coefficient (Wildman–Crippen LogP) is 0.975. The van der Waals surface area contributed by atoms with Crippen LogP contribution in [-0.2, 0) is 14.3 Å². The van der Waals surface area contributed by atoms with Crippen molar-refractivity contribution in [3.05, 3.63) is 0 Å². The zero-order chi connectivity index (χ0) is 8.48. The van der Waals surface area contributed by atoms with E-state index in [4.69, 9.17) is 9.47 Å². The van der Waals surface area contributed by atoms with Crippen molar-refractivity contribution in [2.45, 2.75) is 26.9 Å². The Morgan fingerprint density at radius 1 is 1.73 bits per heavy atom. The number of epoxide rings is 1. The normalized spacial score (nSPS) is 23.0. The molecule has 0 aromatic heterocycles. The van der Waals surface area contributed by atoms with E-state index in [0.29, 0.717) is 13.2 Å². The summed E-state index contributed by atoms with van der Waals surface area (Å²) in [5.41, 5.74) is -0.462. The van der Waals surface area contributed by atoms with E-state index in [0.717, 1.165) is 0 Å². The third-order valence-corrected chi connectivity index (χ3v) is 1.94. The molecule has 0 saturated carbocycles. The van der Waals surface area contributed by atoms with Crippen molar-refractivity contribution in [1.29, 1.82) is 0 Å². The van der Waals surface area contributed by atoms with Crippen LogP contribution in [0.2, 0.25) is 0 Å². The van der Waals surface area contributed by atoms with Gasteiger partial charge in [0.2, 0.25) is 0 Å². The summed E-state index contributed by atoms with van der Waals surface area (Å²) in [4.78, 5) is 11.2. The third-order valence-electron chi connectivity index (χ3n) is 1.94. The lowest BCUT2D eigenvalue weighted by atomic mass is 9.90. The van der Waals surface area contributed by atoms with Gasteiger partial charge < -0.3 is 9.47 Å². The monoisotopic (exact) mass is 158 g/mol. The molecule has 3 nitrogen and oxygen atoms in total. The van der Waals surface area contributed by atoms with Gasteiger partial charge in [-0.05, 0) is 20.8 Å². The van der Waals surface area contributed by atoms with E-state index in [2.05, 4.69) is 0 Å². The van der Waals surface area contributed by atoms with Crippen molar-refractivity contribution in [1.82, 2.24) is 0 Å². The van der Waals surface area contributed by atoms with E-state index in [1.807, 2.05) is 20.8 Å². The lowest BCUT2D eigenvalue weighted by Gasteiger charge is -2.18. The Morgan fingerprint density at radius 3 is 2.64 bits per heavy atom. The fourth-order valence-electron chi connectivity index (χ4n) is 0.913. The number of carbonyl (C=O) groups excluding carboxylic acids is 1. The highest BCUT2D eigenvalue weighted by Crippen LogP contribution is 2.33. The molecule has 0 spiro atoms. The topological polar surface area (TPSA) is 38.8 Å². The molecule has 0 bridgehead atoms. The second-order valence-corrected chi connectivity index (χ2v) is 3.26. The molecule has 11 heavy (non-hydrogen) atoms. The number of hydrogen-bond acceptors (Lipinski definition) is 3. The van der Waals surface area contributed by atoms with Gasteiger partial charge in [-0.2, -0.15) is 0 Å². The quantitative estimate of drug-likeness (QED) is 0.454. The Kier molecular flexibility index (Phi) is 2.18. The van der Waals surface area contributed by atoms with E-state index in [1.54, 1.807) is 0 Å². The molecule has 1 aliphatic heterocycles. The summed E-state index contributed by atoms with van der Waals surface area (Å²) < 4.78 is 9.93. The second kappa shape index (κ2) is 2.81. The number of carbonyl (C=O) groups is 1. The van der Waals surface area contributed by atoms with Crippen molar-refractivity contribution < 1.29 is 14.3 Å². The molecule has 1 heterocycles. The molecule has 1 saturated heterocycles. The fraction of sp³-hybridized carbons (Fsp3) is 0.875. The van der Waals surface area contributed by atoms with Crippen LogP contribution in [0.4, 0.5) is 0 Å². The highest BCUT2D eigenvalue weighted by molar-refractivity contribution is 5.77. The highest BCUT2D eigenvalue weighted by atomic mass is 16.6. The first-order valence-electron chi connectivity index (χ1n) is 3.88. The van der Waals surface area contributed by atoms with Gasteiger partial charge in [-0.3, -0.25) is 4.79 Å². The minimum Gasteiger partial charge on any atom is -0.466 e. The van der Waals surface area contributed by atoms with Gasteiger partial charge in [-0.25, -0.2) is 0 Å². The summed E-state index contributed by atoms with van der Waals surface area (Å²) >= 11 is 0. The molecule has 0 aromatic rings. The van der Waals surface area contributed by atoms with Crippen molar-refractivity contribution in [3.63, 3.8) is 0 Å². The Hall–Kier alpha value is -0.570. The van der Waals surface area contributed by atoms with Gasteiger partial charge in [-0.1, -0.05) is 0 Å². The third kappa shape index (κ3) is 1.71. The summed E-state index contributed by atoms with van der Waals surface area (Å²) in [5.74, 6) is -0.164. The molecule has 1 rings (SSSR count). The van der Waals surface area contributed by atoms with Gasteiger partial charge >= 0.3 is 5.97 Å². The molecule has 1 atom stereocenters. The summed E-state index contributed by atoms with van der Waals surface area (Å²) in [6.07, 6.45) is 0.0709. The van der Waals surface area contributed by atoms with E-state index < -0.39 is 5.41 Å². The maximum atomic E-state index is 11.2. The molecule has 0 unspecified atom stereocenters. The van der Waals surface area contributed by atoms with E-state index in [1.165, 1.54) is 0 Å². The minimum absolute atomic E-state index is 0.0709. The minimum atomic E-state index is -0.462. The van der Waals surface area contributed by atoms with Crippen LogP contribution in [0.1, 0.15) is 20.8 Å². The highest BCUT2D eigenvalue weighted by Gasteiger charge is 2.46. The van der Waals surface area contributed by atoms with Gasteiger partial charge in [0, 0.05) is 0 Å². The van der Waals surface area contributed by atoms with Crippen LogP contribution in [0.25, 0.3) is 0 Å². The zero-order valence-corrected chi connectivity index (χ0v) is 7.22. The first-order valence-corrected chi connectivity index (χ1v) is 3.88. The number of hydrogen-bond donors (Lipinski definition) is 0. The summed E-state index contributed by atoms with van der Waals surface area (Å²) in [5, 5.41) is 0. The first kappa shape index (κ1) is 8.53.